The monoisotopic (exact) mass is 526 g/mol. The van der Waals surface area contributed by atoms with E-state index in [2.05, 4.69) is 21.7 Å². The number of nitrogens with zero attached hydrogens (tertiary/aromatic N) is 2. The molecule has 2 unspecified atom stereocenters. The predicted octanol–water partition coefficient (Wildman–Crippen LogP) is 3.92. The second kappa shape index (κ2) is 10.8. The Morgan fingerprint density at radius 3 is 2.66 bits per heavy atom. The highest BCUT2D eigenvalue weighted by Crippen LogP contribution is 2.41. The van der Waals surface area contributed by atoms with Crippen molar-refractivity contribution in [1.82, 2.24) is 15.5 Å². The van der Waals surface area contributed by atoms with E-state index in [4.69, 9.17) is 11.6 Å². The molecule has 0 saturated heterocycles. The molecule has 2 aromatic carbocycles. The minimum absolute atomic E-state index is 0. The Morgan fingerprint density at radius 1 is 1.21 bits per heavy atom. The van der Waals surface area contributed by atoms with Crippen LogP contribution in [-0.2, 0) is 6.42 Å². The summed E-state index contributed by atoms with van der Waals surface area (Å²) in [7, 11) is 5.31. The Bertz CT molecular complexity index is 871. The summed E-state index contributed by atoms with van der Waals surface area (Å²) in [5.41, 5.74) is 3.11. The fourth-order valence-corrected chi connectivity index (χ4v) is 3.47. The zero-order valence-electron chi connectivity index (χ0n) is 17.0. The van der Waals surface area contributed by atoms with Gasteiger partial charge in [0.15, 0.2) is 5.96 Å². The third-order valence-corrected chi connectivity index (χ3v) is 5.13. The molecule has 7 heteroatoms. The first-order valence-corrected chi connectivity index (χ1v) is 9.89. The lowest BCUT2D eigenvalue weighted by molar-refractivity contribution is 0.0827. The van der Waals surface area contributed by atoms with Crippen LogP contribution in [0.5, 0.6) is 0 Å². The number of halogens is 2. The lowest BCUT2D eigenvalue weighted by Gasteiger charge is -2.13. The Morgan fingerprint density at radius 2 is 1.97 bits per heavy atom. The zero-order chi connectivity index (χ0) is 20.1. The van der Waals surface area contributed by atoms with Gasteiger partial charge in [0.25, 0.3) is 5.91 Å². The summed E-state index contributed by atoms with van der Waals surface area (Å²) >= 11 is 6.09. The molecule has 0 aromatic heterocycles. The highest BCUT2D eigenvalue weighted by molar-refractivity contribution is 14.0. The van der Waals surface area contributed by atoms with Gasteiger partial charge in [-0.3, -0.25) is 9.79 Å². The van der Waals surface area contributed by atoms with Gasteiger partial charge in [-0.25, -0.2) is 0 Å². The van der Waals surface area contributed by atoms with Crippen LogP contribution < -0.4 is 10.6 Å². The van der Waals surface area contributed by atoms with Crippen LogP contribution in [0.1, 0.15) is 33.8 Å². The fourth-order valence-electron chi connectivity index (χ4n) is 3.27. The normalized spacial score (nSPS) is 17.9. The second-order valence-corrected chi connectivity index (χ2v) is 7.73. The van der Waals surface area contributed by atoms with Crippen molar-refractivity contribution in [2.75, 3.05) is 27.7 Å². The lowest BCUT2D eigenvalue weighted by Crippen LogP contribution is -2.39. The molecule has 1 aliphatic carbocycles. The molecule has 0 heterocycles. The number of carbonyl (C=O) groups is 1. The average molecular weight is 527 g/mol. The molecule has 0 spiro atoms. The van der Waals surface area contributed by atoms with Gasteiger partial charge in [0.2, 0.25) is 0 Å². The number of hydrogen-bond acceptors (Lipinski definition) is 2. The van der Waals surface area contributed by atoms with Gasteiger partial charge in [-0.2, -0.15) is 0 Å². The molecule has 0 radical (unpaired) electrons. The zero-order valence-corrected chi connectivity index (χ0v) is 20.1. The molecule has 0 bridgehead atoms. The first-order valence-electron chi connectivity index (χ1n) is 9.51. The molecule has 3 rings (SSSR count). The minimum atomic E-state index is 0. The van der Waals surface area contributed by atoms with Crippen LogP contribution in [0.4, 0.5) is 0 Å². The van der Waals surface area contributed by atoms with Crippen LogP contribution in [0.3, 0.4) is 0 Å². The number of nitrogens with one attached hydrogen (secondary N) is 2. The average Bonchev–Trinajstić information content (AvgIpc) is 3.46. The Kier molecular flexibility index (Phi) is 8.77. The van der Waals surface area contributed by atoms with E-state index in [1.165, 1.54) is 5.56 Å². The Labute approximate surface area is 194 Å². The number of guanidine groups is 1. The van der Waals surface area contributed by atoms with Crippen molar-refractivity contribution in [3.8, 4) is 0 Å². The van der Waals surface area contributed by atoms with Gasteiger partial charge in [-0.15, -0.1) is 24.0 Å². The maximum absolute atomic E-state index is 12.1. The van der Waals surface area contributed by atoms with E-state index in [1.807, 2.05) is 42.5 Å². The van der Waals surface area contributed by atoms with Crippen LogP contribution in [0.15, 0.2) is 53.5 Å². The topological polar surface area (TPSA) is 56.7 Å². The van der Waals surface area contributed by atoms with E-state index in [-0.39, 0.29) is 29.9 Å². The molecule has 2 atom stereocenters. The number of carbonyl (C=O) groups excluding carboxylic acids is 1. The molecule has 29 heavy (non-hydrogen) atoms. The van der Waals surface area contributed by atoms with Crippen LogP contribution in [0.25, 0.3) is 0 Å². The summed E-state index contributed by atoms with van der Waals surface area (Å²) < 4.78 is 0. The van der Waals surface area contributed by atoms with Gasteiger partial charge in [0.05, 0.1) is 0 Å². The van der Waals surface area contributed by atoms with E-state index in [9.17, 15) is 4.79 Å². The minimum Gasteiger partial charge on any atom is -0.356 e. The molecule has 0 aliphatic heterocycles. The maximum Gasteiger partial charge on any atom is 0.253 e. The molecule has 1 aliphatic rings. The molecule has 156 valence electrons. The van der Waals surface area contributed by atoms with Crippen LogP contribution >= 0.6 is 35.6 Å². The van der Waals surface area contributed by atoms with Crippen LogP contribution in [0.2, 0.25) is 5.02 Å². The fraction of sp³-hybridized carbons (Fsp3) is 0.364. The molecule has 1 saturated carbocycles. The van der Waals surface area contributed by atoms with E-state index >= 15 is 0 Å². The van der Waals surface area contributed by atoms with E-state index in [1.54, 1.807) is 26.0 Å². The van der Waals surface area contributed by atoms with E-state index in [0.29, 0.717) is 17.5 Å². The third-order valence-electron chi connectivity index (χ3n) is 4.90. The number of aliphatic imine (C=N–C) groups is 1. The Balaban J connectivity index is 0.00000300. The summed E-state index contributed by atoms with van der Waals surface area (Å²) in [6.07, 6.45) is 1.90. The van der Waals surface area contributed by atoms with Gasteiger partial charge < -0.3 is 15.5 Å². The molecular formula is C22H28ClIN4O. The number of amides is 1. The van der Waals surface area contributed by atoms with Crippen molar-refractivity contribution < 1.29 is 4.79 Å². The van der Waals surface area contributed by atoms with Crippen molar-refractivity contribution in [2.45, 2.75) is 24.8 Å². The van der Waals surface area contributed by atoms with E-state index < -0.39 is 0 Å². The second-order valence-electron chi connectivity index (χ2n) is 7.30. The van der Waals surface area contributed by atoms with Crippen LogP contribution in [-0.4, -0.2) is 50.5 Å². The summed E-state index contributed by atoms with van der Waals surface area (Å²) in [6, 6.07) is 16.2. The summed E-state index contributed by atoms with van der Waals surface area (Å²) in [4.78, 5) is 18.0. The van der Waals surface area contributed by atoms with Crippen LogP contribution in [0, 0.1) is 0 Å². The maximum atomic E-state index is 12.1. The van der Waals surface area contributed by atoms with Gasteiger partial charge >= 0.3 is 0 Å². The largest absolute Gasteiger partial charge is 0.356 e. The third kappa shape index (κ3) is 6.60. The quantitative estimate of drug-likeness (QED) is 0.341. The predicted molar refractivity (Wildman–Crippen MR) is 131 cm³/mol. The van der Waals surface area contributed by atoms with E-state index in [0.717, 1.165) is 35.9 Å². The standard InChI is InChI=1S/C22H27ClN4O.HI/c1-24-22(26-20-14-19(20)16-7-5-9-18(23)13-16)25-11-10-15-6-4-8-17(12-15)21(28)27(2)3;/h4-9,12-13,19-20H,10-11,14H2,1-3H3,(H2,24,25,26);1H. The smallest absolute Gasteiger partial charge is 0.253 e. The molecule has 1 amide bonds. The number of hydrogen-bond donors (Lipinski definition) is 2. The van der Waals surface area contributed by atoms with Gasteiger partial charge in [-0.1, -0.05) is 35.9 Å². The summed E-state index contributed by atoms with van der Waals surface area (Å²) in [5.74, 6) is 1.30. The van der Waals surface area contributed by atoms with Gasteiger partial charge in [0.1, 0.15) is 0 Å². The van der Waals surface area contributed by atoms with Crippen molar-refractivity contribution in [3.63, 3.8) is 0 Å². The first kappa shape index (κ1) is 23.5. The molecule has 2 aromatic rings. The SMILES string of the molecule is CN=C(NCCc1cccc(C(=O)N(C)C)c1)NC1CC1c1cccc(Cl)c1.I. The van der Waals surface area contributed by atoms with Crippen molar-refractivity contribution in [2.24, 2.45) is 4.99 Å². The Hall–Kier alpha value is -1.80. The highest BCUT2D eigenvalue weighted by Gasteiger charge is 2.39. The van der Waals surface area contributed by atoms with Crippen molar-refractivity contribution in [3.05, 3.63) is 70.2 Å². The molecule has 1 fully saturated rings. The molecule has 2 N–H and O–H groups in total. The number of rotatable bonds is 6. The molecular weight excluding hydrogens is 499 g/mol. The summed E-state index contributed by atoms with van der Waals surface area (Å²) in [6.45, 7) is 0.744. The molecule has 5 nitrogen and oxygen atoms in total. The number of benzene rings is 2. The first-order chi connectivity index (χ1) is 13.5. The van der Waals surface area contributed by atoms with Gasteiger partial charge in [0, 0.05) is 50.2 Å². The van der Waals surface area contributed by atoms with Crippen molar-refractivity contribution in [1.29, 1.82) is 0 Å². The highest BCUT2D eigenvalue weighted by atomic mass is 127. The summed E-state index contributed by atoms with van der Waals surface area (Å²) in [5, 5.41) is 7.61. The van der Waals surface area contributed by atoms with Crippen molar-refractivity contribution >= 4 is 47.4 Å². The van der Waals surface area contributed by atoms with Gasteiger partial charge in [-0.05, 0) is 48.2 Å². The lowest BCUT2D eigenvalue weighted by atomic mass is 10.1.